The average Bonchev–Trinajstić information content (AvgIpc) is 3.29. The summed E-state index contributed by atoms with van der Waals surface area (Å²) in [6, 6.07) is 6.60. The van der Waals surface area contributed by atoms with E-state index in [-0.39, 0.29) is 23.7 Å². The van der Waals surface area contributed by atoms with Crippen molar-refractivity contribution in [3.05, 3.63) is 67.3 Å². The predicted octanol–water partition coefficient (Wildman–Crippen LogP) is 2.96. The monoisotopic (exact) mass is 380 g/mol. The van der Waals surface area contributed by atoms with Gasteiger partial charge in [0.2, 0.25) is 5.91 Å². The van der Waals surface area contributed by atoms with Crippen LogP contribution in [0.4, 0.5) is 5.69 Å². The Hall–Kier alpha value is -3.15. The third kappa shape index (κ3) is 3.76. The highest BCUT2D eigenvalue weighted by Gasteiger charge is 2.51. The third-order valence-corrected chi connectivity index (χ3v) is 5.43. The van der Waals surface area contributed by atoms with E-state index in [1.165, 1.54) is 0 Å². The van der Waals surface area contributed by atoms with Gasteiger partial charge in [-0.25, -0.2) is 0 Å². The molecule has 0 spiro atoms. The highest BCUT2D eigenvalue weighted by molar-refractivity contribution is 5.98. The number of carboxylic acids is 1. The zero-order valence-corrected chi connectivity index (χ0v) is 15.6. The molecule has 0 radical (unpaired) electrons. The number of carboxylic acid groups (broad SMARTS) is 1. The van der Waals surface area contributed by atoms with Crippen molar-refractivity contribution in [2.45, 2.75) is 6.42 Å². The molecule has 2 bridgehead atoms. The molecule has 2 aliphatic rings. The SMILES string of the molecule is C=CCN(CC=C)C(=O)c1ccc(NC(=O)C2C3C=CC(C3)C2C(=O)O)cc1. The largest absolute Gasteiger partial charge is 0.481 e. The number of hydrogen-bond donors (Lipinski definition) is 2. The average molecular weight is 380 g/mol. The van der Waals surface area contributed by atoms with E-state index in [9.17, 15) is 19.5 Å². The summed E-state index contributed by atoms with van der Waals surface area (Å²) in [4.78, 5) is 38.4. The molecule has 1 aromatic rings. The van der Waals surface area contributed by atoms with Gasteiger partial charge in [-0.2, -0.15) is 0 Å². The standard InChI is InChI=1S/C22H24N2O4/c1-3-11-24(12-4-2)21(26)14-7-9-17(10-8-14)23-20(25)18-15-5-6-16(13-15)19(18)22(27)28/h3-10,15-16,18-19H,1-2,11-13H2,(H,23,25)(H,27,28). The van der Waals surface area contributed by atoms with Crippen LogP contribution < -0.4 is 5.32 Å². The van der Waals surface area contributed by atoms with Gasteiger partial charge in [0, 0.05) is 24.3 Å². The van der Waals surface area contributed by atoms with E-state index >= 15 is 0 Å². The normalized spacial score (nSPS) is 24.6. The smallest absolute Gasteiger partial charge is 0.307 e. The molecule has 28 heavy (non-hydrogen) atoms. The van der Waals surface area contributed by atoms with Gasteiger partial charge in [-0.15, -0.1) is 13.2 Å². The Labute approximate surface area is 164 Å². The molecule has 0 aromatic heterocycles. The van der Waals surface area contributed by atoms with Crippen molar-refractivity contribution < 1.29 is 19.5 Å². The number of carbonyl (C=O) groups excluding carboxylic acids is 2. The van der Waals surface area contributed by atoms with Crippen LogP contribution in [0, 0.1) is 23.7 Å². The van der Waals surface area contributed by atoms with Gasteiger partial charge in [-0.1, -0.05) is 24.3 Å². The number of allylic oxidation sites excluding steroid dienone is 2. The summed E-state index contributed by atoms with van der Waals surface area (Å²) in [7, 11) is 0. The number of aliphatic carboxylic acids is 1. The summed E-state index contributed by atoms with van der Waals surface area (Å²) in [6.07, 6.45) is 7.87. The Bertz CT molecular complexity index is 817. The highest BCUT2D eigenvalue weighted by atomic mass is 16.4. The number of rotatable bonds is 8. The minimum absolute atomic E-state index is 0.0293. The number of anilines is 1. The number of nitrogens with zero attached hydrogens (tertiary/aromatic N) is 1. The van der Waals surface area contributed by atoms with Crippen molar-refractivity contribution in [2.75, 3.05) is 18.4 Å². The quantitative estimate of drug-likeness (QED) is 0.679. The van der Waals surface area contributed by atoms with Crippen LogP contribution in [-0.4, -0.2) is 40.9 Å². The van der Waals surface area contributed by atoms with Gasteiger partial charge in [-0.05, 0) is 42.5 Å². The van der Waals surface area contributed by atoms with E-state index in [0.29, 0.717) is 30.8 Å². The van der Waals surface area contributed by atoms with E-state index in [0.717, 1.165) is 0 Å². The van der Waals surface area contributed by atoms with Crippen LogP contribution in [0.1, 0.15) is 16.8 Å². The third-order valence-electron chi connectivity index (χ3n) is 5.43. The lowest BCUT2D eigenvalue weighted by Gasteiger charge is -2.24. The fourth-order valence-electron chi connectivity index (χ4n) is 4.17. The van der Waals surface area contributed by atoms with Gasteiger partial charge in [0.1, 0.15) is 0 Å². The molecule has 6 nitrogen and oxygen atoms in total. The molecular formula is C22H24N2O4. The van der Waals surface area contributed by atoms with Crippen molar-refractivity contribution in [1.82, 2.24) is 4.90 Å². The molecule has 3 rings (SSSR count). The van der Waals surface area contributed by atoms with Crippen molar-refractivity contribution >= 4 is 23.5 Å². The summed E-state index contributed by atoms with van der Waals surface area (Å²) in [5, 5.41) is 12.3. The van der Waals surface area contributed by atoms with Gasteiger partial charge >= 0.3 is 5.97 Å². The summed E-state index contributed by atoms with van der Waals surface area (Å²) in [5.74, 6) is -2.71. The van der Waals surface area contributed by atoms with Crippen LogP contribution in [0.15, 0.2) is 61.7 Å². The maximum atomic E-state index is 12.7. The number of carbonyl (C=O) groups is 3. The van der Waals surface area contributed by atoms with Crippen LogP contribution >= 0.6 is 0 Å². The summed E-state index contributed by atoms with van der Waals surface area (Å²) < 4.78 is 0. The molecule has 0 aliphatic heterocycles. The first kappa shape index (κ1) is 19.6. The maximum Gasteiger partial charge on any atom is 0.307 e. The Balaban J connectivity index is 1.69. The topological polar surface area (TPSA) is 86.7 Å². The molecule has 146 valence electrons. The Morgan fingerprint density at radius 1 is 1.04 bits per heavy atom. The minimum Gasteiger partial charge on any atom is -0.481 e. The zero-order valence-electron chi connectivity index (χ0n) is 15.6. The highest BCUT2D eigenvalue weighted by Crippen LogP contribution is 2.48. The Kier molecular flexibility index (Phi) is 5.78. The van der Waals surface area contributed by atoms with Crippen LogP contribution in [0.5, 0.6) is 0 Å². The molecular weight excluding hydrogens is 356 g/mol. The number of nitrogens with one attached hydrogen (secondary N) is 1. The minimum atomic E-state index is -0.928. The lowest BCUT2D eigenvalue weighted by Crippen LogP contribution is -2.36. The lowest BCUT2D eigenvalue weighted by molar-refractivity contribution is -0.146. The van der Waals surface area contributed by atoms with Crippen molar-refractivity contribution in [1.29, 1.82) is 0 Å². The van der Waals surface area contributed by atoms with Gasteiger partial charge in [-0.3, -0.25) is 14.4 Å². The van der Waals surface area contributed by atoms with Crippen LogP contribution in [-0.2, 0) is 9.59 Å². The van der Waals surface area contributed by atoms with E-state index in [1.807, 2.05) is 12.2 Å². The first-order chi connectivity index (χ1) is 13.5. The van der Waals surface area contributed by atoms with E-state index in [2.05, 4.69) is 18.5 Å². The van der Waals surface area contributed by atoms with E-state index < -0.39 is 17.8 Å². The zero-order chi connectivity index (χ0) is 20.3. The Morgan fingerprint density at radius 3 is 2.14 bits per heavy atom. The first-order valence-electron chi connectivity index (χ1n) is 9.29. The first-order valence-corrected chi connectivity index (χ1v) is 9.29. The van der Waals surface area contributed by atoms with E-state index in [1.54, 1.807) is 41.3 Å². The molecule has 1 saturated carbocycles. The molecule has 4 atom stereocenters. The molecule has 6 heteroatoms. The molecule has 0 saturated heterocycles. The van der Waals surface area contributed by atoms with Gasteiger partial charge in [0.25, 0.3) is 5.91 Å². The molecule has 1 fully saturated rings. The fraction of sp³-hybridized carbons (Fsp3) is 0.318. The number of benzene rings is 1. The fourth-order valence-corrected chi connectivity index (χ4v) is 4.17. The predicted molar refractivity (Wildman–Crippen MR) is 107 cm³/mol. The van der Waals surface area contributed by atoms with E-state index in [4.69, 9.17) is 0 Å². The molecule has 4 unspecified atom stereocenters. The number of hydrogen-bond acceptors (Lipinski definition) is 3. The molecule has 2 aliphatic carbocycles. The van der Waals surface area contributed by atoms with Crippen LogP contribution in [0.3, 0.4) is 0 Å². The van der Waals surface area contributed by atoms with Crippen LogP contribution in [0.2, 0.25) is 0 Å². The summed E-state index contributed by atoms with van der Waals surface area (Å²) in [6.45, 7) is 8.14. The van der Waals surface area contributed by atoms with Gasteiger partial charge in [0.05, 0.1) is 11.8 Å². The molecule has 2 amide bonds. The maximum absolute atomic E-state index is 12.7. The van der Waals surface area contributed by atoms with Gasteiger partial charge in [0.15, 0.2) is 0 Å². The number of amides is 2. The Morgan fingerprint density at radius 2 is 1.61 bits per heavy atom. The lowest BCUT2D eigenvalue weighted by atomic mass is 9.82. The number of fused-ring (bicyclic) bond motifs is 2. The molecule has 2 N–H and O–H groups in total. The molecule has 0 heterocycles. The second-order valence-corrected chi connectivity index (χ2v) is 7.19. The van der Waals surface area contributed by atoms with Crippen molar-refractivity contribution in [2.24, 2.45) is 23.7 Å². The summed E-state index contributed by atoms with van der Waals surface area (Å²) >= 11 is 0. The van der Waals surface area contributed by atoms with Crippen molar-refractivity contribution in [3.8, 4) is 0 Å². The second kappa shape index (κ2) is 8.25. The van der Waals surface area contributed by atoms with Crippen LogP contribution in [0.25, 0.3) is 0 Å². The van der Waals surface area contributed by atoms with Gasteiger partial charge < -0.3 is 15.3 Å². The molecule has 1 aromatic carbocycles. The summed E-state index contributed by atoms with van der Waals surface area (Å²) in [5.41, 5.74) is 1.03. The van der Waals surface area contributed by atoms with Crippen molar-refractivity contribution in [3.63, 3.8) is 0 Å². The second-order valence-electron chi connectivity index (χ2n) is 7.19.